The van der Waals surface area contributed by atoms with E-state index in [1.807, 2.05) is 13.8 Å². The van der Waals surface area contributed by atoms with Crippen LogP contribution in [0.1, 0.15) is 24.2 Å². The van der Waals surface area contributed by atoms with Gasteiger partial charge in [-0.2, -0.15) is 0 Å². The summed E-state index contributed by atoms with van der Waals surface area (Å²) in [6.45, 7) is 4.68. The van der Waals surface area contributed by atoms with Crippen molar-refractivity contribution in [2.75, 3.05) is 26.1 Å². The number of benzene rings is 1. The second kappa shape index (κ2) is 8.14. The molecule has 1 heterocycles. The highest BCUT2D eigenvalue weighted by Crippen LogP contribution is 2.30. The highest BCUT2D eigenvalue weighted by molar-refractivity contribution is 5.93. The number of carbonyl (C=O) groups is 1. The molecular weight excluding hydrogens is 308 g/mol. The minimum absolute atomic E-state index is 0.186. The van der Waals surface area contributed by atoms with Gasteiger partial charge in [-0.3, -0.25) is 4.79 Å². The SMILES string of the molecule is COc1ccc(OC)c(Nc2ncc(C(=O)NCC(C)C)cn2)c1. The Bertz CT molecular complexity index is 687. The maximum Gasteiger partial charge on any atom is 0.254 e. The van der Waals surface area contributed by atoms with E-state index in [2.05, 4.69) is 20.6 Å². The standard InChI is InChI=1S/C17H22N4O3/c1-11(2)8-18-16(22)12-9-19-17(20-10-12)21-14-7-13(23-3)5-6-15(14)24-4/h5-7,9-11H,8H2,1-4H3,(H,18,22)(H,19,20,21). The molecule has 24 heavy (non-hydrogen) atoms. The molecule has 7 heteroatoms. The molecule has 0 aliphatic carbocycles. The minimum Gasteiger partial charge on any atom is -0.497 e. The van der Waals surface area contributed by atoms with Crippen LogP contribution in [0.15, 0.2) is 30.6 Å². The molecule has 1 aromatic heterocycles. The van der Waals surface area contributed by atoms with Crippen LogP contribution in [0.2, 0.25) is 0 Å². The molecule has 0 bridgehead atoms. The van der Waals surface area contributed by atoms with Crippen LogP contribution in [-0.4, -0.2) is 36.6 Å². The monoisotopic (exact) mass is 330 g/mol. The van der Waals surface area contributed by atoms with Crippen LogP contribution in [0.5, 0.6) is 11.5 Å². The van der Waals surface area contributed by atoms with Crippen molar-refractivity contribution in [3.8, 4) is 11.5 Å². The molecule has 0 unspecified atom stereocenters. The summed E-state index contributed by atoms with van der Waals surface area (Å²) in [5.74, 6) is 1.88. The molecule has 0 radical (unpaired) electrons. The number of amides is 1. The molecule has 0 saturated carbocycles. The maximum atomic E-state index is 12.0. The first-order valence-electron chi connectivity index (χ1n) is 7.62. The molecule has 2 rings (SSSR count). The molecule has 128 valence electrons. The van der Waals surface area contributed by atoms with E-state index in [4.69, 9.17) is 9.47 Å². The van der Waals surface area contributed by atoms with E-state index in [1.165, 1.54) is 12.4 Å². The summed E-state index contributed by atoms with van der Waals surface area (Å²) in [6, 6.07) is 5.37. The highest BCUT2D eigenvalue weighted by Gasteiger charge is 2.10. The van der Waals surface area contributed by atoms with Gasteiger partial charge >= 0.3 is 0 Å². The molecule has 7 nitrogen and oxygen atoms in total. The first-order valence-corrected chi connectivity index (χ1v) is 7.62. The molecule has 2 N–H and O–H groups in total. The van der Waals surface area contributed by atoms with Gasteiger partial charge < -0.3 is 20.1 Å². The van der Waals surface area contributed by atoms with E-state index in [1.54, 1.807) is 32.4 Å². The Labute approximate surface area is 141 Å². The number of aromatic nitrogens is 2. The lowest BCUT2D eigenvalue weighted by molar-refractivity contribution is 0.0948. The summed E-state index contributed by atoms with van der Waals surface area (Å²) in [7, 11) is 3.17. The van der Waals surface area contributed by atoms with Crippen molar-refractivity contribution >= 4 is 17.5 Å². The molecule has 0 aliphatic heterocycles. The van der Waals surface area contributed by atoms with E-state index in [0.29, 0.717) is 41.2 Å². The zero-order valence-corrected chi connectivity index (χ0v) is 14.3. The summed E-state index contributed by atoms with van der Waals surface area (Å²) >= 11 is 0. The van der Waals surface area contributed by atoms with Crippen LogP contribution in [0.3, 0.4) is 0 Å². The van der Waals surface area contributed by atoms with E-state index < -0.39 is 0 Å². The summed E-state index contributed by atoms with van der Waals surface area (Å²) in [6.07, 6.45) is 2.97. The van der Waals surface area contributed by atoms with Gasteiger partial charge in [-0.05, 0) is 18.1 Å². The number of hydrogen-bond donors (Lipinski definition) is 2. The van der Waals surface area contributed by atoms with Gasteiger partial charge in [0.15, 0.2) is 0 Å². The summed E-state index contributed by atoms with van der Waals surface area (Å²) < 4.78 is 10.5. The number of carbonyl (C=O) groups excluding carboxylic acids is 1. The fourth-order valence-electron chi connectivity index (χ4n) is 1.94. The summed E-state index contributed by atoms with van der Waals surface area (Å²) in [4.78, 5) is 20.3. The first-order chi connectivity index (χ1) is 11.5. The third-order valence-electron chi connectivity index (χ3n) is 3.24. The topological polar surface area (TPSA) is 85.4 Å². The van der Waals surface area contributed by atoms with Crippen LogP contribution in [0.25, 0.3) is 0 Å². The van der Waals surface area contributed by atoms with Gasteiger partial charge in [0, 0.05) is 25.0 Å². The molecule has 0 saturated heterocycles. The normalized spacial score (nSPS) is 10.4. The number of nitrogens with one attached hydrogen (secondary N) is 2. The van der Waals surface area contributed by atoms with Crippen LogP contribution in [-0.2, 0) is 0 Å². The highest BCUT2D eigenvalue weighted by atomic mass is 16.5. The number of ether oxygens (including phenoxy) is 2. The largest absolute Gasteiger partial charge is 0.497 e. The van der Waals surface area contributed by atoms with Crippen LogP contribution >= 0.6 is 0 Å². The van der Waals surface area contributed by atoms with Crippen LogP contribution in [0, 0.1) is 5.92 Å². The second-order valence-corrected chi connectivity index (χ2v) is 5.59. The van der Waals surface area contributed by atoms with Gasteiger partial charge in [-0.1, -0.05) is 13.8 Å². The van der Waals surface area contributed by atoms with Crippen molar-refractivity contribution in [3.05, 3.63) is 36.2 Å². The summed E-state index contributed by atoms with van der Waals surface area (Å²) in [5, 5.41) is 5.88. The average molecular weight is 330 g/mol. The number of rotatable bonds is 7. The van der Waals surface area contributed by atoms with Crippen molar-refractivity contribution in [1.82, 2.24) is 15.3 Å². The van der Waals surface area contributed by atoms with Gasteiger partial charge in [-0.15, -0.1) is 0 Å². The van der Waals surface area contributed by atoms with Crippen molar-refractivity contribution < 1.29 is 14.3 Å². The quantitative estimate of drug-likeness (QED) is 0.812. The van der Waals surface area contributed by atoms with E-state index in [-0.39, 0.29) is 5.91 Å². The second-order valence-electron chi connectivity index (χ2n) is 5.59. The molecule has 0 atom stereocenters. The molecule has 0 spiro atoms. The Morgan fingerprint density at radius 2 is 1.88 bits per heavy atom. The van der Waals surface area contributed by atoms with Crippen molar-refractivity contribution in [2.24, 2.45) is 5.92 Å². The molecule has 2 aromatic rings. The van der Waals surface area contributed by atoms with Crippen molar-refractivity contribution in [3.63, 3.8) is 0 Å². The van der Waals surface area contributed by atoms with Gasteiger partial charge in [0.25, 0.3) is 5.91 Å². The molecular formula is C17H22N4O3. The predicted molar refractivity (Wildman–Crippen MR) is 92.0 cm³/mol. The fourth-order valence-corrected chi connectivity index (χ4v) is 1.94. The van der Waals surface area contributed by atoms with E-state index in [9.17, 15) is 4.79 Å². The smallest absolute Gasteiger partial charge is 0.254 e. The van der Waals surface area contributed by atoms with Gasteiger partial charge in [-0.25, -0.2) is 9.97 Å². The maximum absolute atomic E-state index is 12.0. The lowest BCUT2D eigenvalue weighted by Gasteiger charge is -2.12. The number of anilines is 2. The zero-order valence-electron chi connectivity index (χ0n) is 14.3. The number of methoxy groups -OCH3 is 2. The zero-order chi connectivity index (χ0) is 17.5. The first kappa shape index (κ1) is 17.5. The van der Waals surface area contributed by atoms with Gasteiger partial charge in [0.05, 0.1) is 25.5 Å². The molecule has 0 fully saturated rings. The summed E-state index contributed by atoms with van der Waals surface area (Å²) in [5.41, 5.74) is 1.09. The average Bonchev–Trinajstić information content (AvgIpc) is 2.60. The Hall–Kier alpha value is -2.83. The third-order valence-corrected chi connectivity index (χ3v) is 3.24. The van der Waals surface area contributed by atoms with E-state index in [0.717, 1.165) is 0 Å². The fraction of sp³-hybridized carbons (Fsp3) is 0.353. The van der Waals surface area contributed by atoms with Crippen LogP contribution < -0.4 is 20.1 Å². The Kier molecular flexibility index (Phi) is 5.95. The molecule has 1 aromatic carbocycles. The lowest BCUT2D eigenvalue weighted by Crippen LogP contribution is -2.27. The lowest BCUT2D eigenvalue weighted by atomic mass is 10.2. The Balaban J connectivity index is 2.10. The van der Waals surface area contributed by atoms with Crippen molar-refractivity contribution in [1.29, 1.82) is 0 Å². The molecule has 0 aliphatic rings. The number of hydrogen-bond acceptors (Lipinski definition) is 6. The Morgan fingerprint density at radius 1 is 1.17 bits per heavy atom. The van der Waals surface area contributed by atoms with Crippen molar-refractivity contribution in [2.45, 2.75) is 13.8 Å². The minimum atomic E-state index is -0.186. The number of nitrogens with zero attached hydrogens (tertiary/aromatic N) is 2. The third kappa shape index (κ3) is 4.58. The Morgan fingerprint density at radius 3 is 2.46 bits per heavy atom. The van der Waals surface area contributed by atoms with E-state index >= 15 is 0 Å². The van der Waals surface area contributed by atoms with Gasteiger partial charge in [0.1, 0.15) is 11.5 Å². The van der Waals surface area contributed by atoms with Crippen LogP contribution in [0.4, 0.5) is 11.6 Å². The molecule has 1 amide bonds. The van der Waals surface area contributed by atoms with Gasteiger partial charge in [0.2, 0.25) is 5.95 Å². The predicted octanol–water partition coefficient (Wildman–Crippen LogP) is 2.62.